The number of rotatable bonds is 0. The fourth-order valence-corrected chi connectivity index (χ4v) is 1.46. The lowest BCUT2D eigenvalue weighted by molar-refractivity contribution is 0.854. The van der Waals surface area contributed by atoms with Crippen LogP contribution in [0.25, 0.3) is 0 Å². The average Bonchev–Trinajstić information content (AvgIpc) is 2.53. The van der Waals surface area contributed by atoms with Crippen LogP contribution >= 0.6 is 0 Å². The van der Waals surface area contributed by atoms with Crippen LogP contribution in [0.4, 0.5) is 5.69 Å². The Kier molecular flexibility index (Phi) is 3.15. The normalized spacial score (nSPS) is 18.8. The lowest BCUT2D eigenvalue weighted by atomic mass is 10.0. The lowest BCUT2D eigenvalue weighted by Crippen LogP contribution is -1.95. The van der Waals surface area contributed by atoms with E-state index in [1.165, 1.54) is 11.3 Å². The molecule has 0 amide bonds. The van der Waals surface area contributed by atoms with Crippen LogP contribution in [-0.2, 0) is 0 Å². The Hall–Kier alpha value is -0.980. The monoisotopic (exact) mass is 163 g/mol. The first-order valence-corrected chi connectivity index (χ1v) is 4.71. The van der Waals surface area contributed by atoms with Crippen molar-refractivity contribution >= 4 is 5.69 Å². The van der Waals surface area contributed by atoms with E-state index in [1.807, 2.05) is 13.8 Å². The molecule has 0 saturated heterocycles. The number of hydrogen-bond donors (Lipinski definition) is 1. The summed E-state index contributed by atoms with van der Waals surface area (Å²) in [5.41, 5.74) is 2.78. The summed E-state index contributed by atoms with van der Waals surface area (Å²) in [7, 11) is 0. The van der Waals surface area contributed by atoms with E-state index < -0.39 is 0 Å². The molecule has 66 valence electrons. The van der Waals surface area contributed by atoms with Crippen LogP contribution in [0.3, 0.4) is 0 Å². The summed E-state index contributed by atoms with van der Waals surface area (Å²) in [6.07, 6.45) is 0. The highest BCUT2D eigenvalue weighted by Gasteiger charge is 2.15. The SMILES string of the molecule is CC.CC1CNc2ccccc21. The molecule has 0 saturated carbocycles. The quantitative estimate of drug-likeness (QED) is 0.619. The molecule has 1 heterocycles. The van der Waals surface area contributed by atoms with E-state index in [0.29, 0.717) is 5.92 Å². The first kappa shape index (κ1) is 9.11. The van der Waals surface area contributed by atoms with Gasteiger partial charge in [0.25, 0.3) is 0 Å². The van der Waals surface area contributed by atoms with Crippen LogP contribution < -0.4 is 5.32 Å². The first-order valence-electron chi connectivity index (χ1n) is 4.71. The van der Waals surface area contributed by atoms with Gasteiger partial charge in [-0.05, 0) is 11.6 Å². The highest BCUT2D eigenvalue weighted by molar-refractivity contribution is 5.57. The van der Waals surface area contributed by atoms with Crippen molar-refractivity contribution in [2.75, 3.05) is 11.9 Å². The molecule has 1 aromatic rings. The van der Waals surface area contributed by atoms with E-state index in [0.717, 1.165) is 6.54 Å². The Balaban J connectivity index is 0.000000336. The summed E-state index contributed by atoms with van der Waals surface area (Å²) in [4.78, 5) is 0. The third-order valence-corrected chi connectivity index (χ3v) is 2.09. The second-order valence-corrected chi connectivity index (χ2v) is 2.87. The maximum absolute atomic E-state index is 3.35. The molecule has 1 atom stereocenters. The van der Waals surface area contributed by atoms with Crippen LogP contribution in [0, 0.1) is 0 Å². The molecule has 1 N–H and O–H groups in total. The summed E-state index contributed by atoms with van der Waals surface area (Å²) in [5.74, 6) is 0.691. The second kappa shape index (κ2) is 4.15. The van der Waals surface area contributed by atoms with Gasteiger partial charge in [-0.1, -0.05) is 39.0 Å². The van der Waals surface area contributed by atoms with Gasteiger partial charge in [0.1, 0.15) is 0 Å². The third-order valence-electron chi connectivity index (χ3n) is 2.09. The topological polar surface area (TPSA) is 12.0 Å². The van der Waals surface area contributed by atoms with Gasteiger partial charge in [0, 0.05) is 18.2 Å². The minimum absolute atomic E-state index is 0.691. The number of anilines is 1. The van der Waals surface area contributed by atoms with Gasteiger partial charge in [0.15, 0.2) is 0 Å². The zero-order chi connectivity index (χ0) is 8.97. The van der Waals surface area contributed by atoms with E-state index in [-0.39, 0.29) is 0 Å². The van der Waals surface area contributed by atoms with Crippen LogP contribution in [0.2, 0.25) is 0 Å². The van der Waals surface area contributed by atoms with Gasteiger partial charge in [-0.25, -0.2) is 0 Å². The second-order valence-electron chi connectivity index (χ2n) is 2.87. The molecule has 0 radical (unpaired) electrons. The molecule has 1 aliphatic rings. The van der Waals surface area contributed by atoms with Crippen molar-refractivity contribution in [2.24, 2.45) is 0 Å². The van der Waals surface area contributed by atoms with E-state index in [4.69, 9.17) is 0 Å². The lowest BCUT2D eigenvalue weighted by Gasteiger charge is -1.98. The first-order chi connectivity index (χ1) is 5.88. The number of fused-ring (bicyclic) bond motifs is 1. The fourth-order valence-electron chi connectivity index (χ4n) is 1.46. The number of para-hydroxylation sites is 1. The molecule has 0 aliphatic carbocycles. The van der Waals surface area contributed by atoms with Gasteiger partial charge in [-0.15, -0.1) is 0 Å². The molecule has 0 spiro atoms. The summed E-state index contributed by atoms with van der Waals surface area (Å²) in [5, 5.41) is 3.35. The van der Waals surface area contributed by atoms with Gasteiger partial charge in [0.2, 0.25) is 0 Å². The molecule has 1 aromatic carbocycles. The Bertz CT molecular complexity index is 243. The smallest absolute Gasteiger partial charge is 0.0376 e. The molecule has 12 heavy (non-hydrogen) atoms. The van der Waals surface area contributed by atoms with Crippen molar-refractivity contribution in [1.82, 2.24) is 0 Å². The predicted octanol–water partition coefficient (Wildman–Crippen LogP) is 3.24. The van der Waals surface area contributed by atoms with Gasteiger partial charge < -0.3 is 5.32 Å². The highest BCUT2D eigenvalue weighted by atomic mass is 14.9. The summed E-state index contributed by atoms with van der Waals surface area (Å²) >= 11 is 0. The Morgan fingerprint density at radius 1 is 1.25 bits per heavy atom. The van der Waals surface area contributed by atoms with Crippen molar-refractivity contribution in [3.63, 3.8) is 0 Å². The van der Waals surface area contributed by atoms with Crippen LogP contribution in [0.15, 0.2) is 24.3 Å². The standard InChI is InChI=1S/C9H11N.C2H6/c1-7-6-10-9-5-3-2-4-8(7)9;1-2/h2-5,7,10H,6H2,1H3;1-2H3. The summed E-state index contributed by atoms with van der Waals surface area (Å²) in [6.45, 7) is 7.35. The van der Waals surface area contributed by atoms with Gasteiger partial charge in [-0.3, -0.25) is 0 Å². The molecule has 1 nitrogen and oxygen atoms in total. The van der Waals surface area contributed by atoms with E-state index in [2.05, 4.69) is 36.5 Å². The minimum atomic E-state index is 0.691. The van der Waals surface area contributed by atoms with Gasteiger partial charge in [-0.2, -0.15) is 0 Å². The van der Waals surface area contributed by atoms with Crippen molar-refractivity contribution in [2.45, 2.75) is 26.7 Å². The van der Waals surface area contributed by atoms with E-state index in [1.54, 1.807) is 0 Å². The van der Waals surface area contributed by atoms with Crippen LogP contribution in [-0.4, -0.2) is 6.54 Å². The fraction of sp³-hybridized carbons (Fsp3) is 0.455. The van der Waals surface area contributed by atoms with Crippen molar-refractivity contribution < 1.29 is 0 Å². The Morgan fingerprint density at radius 3 is 2.58 bits per heavy atom. The Morgan fingerprint density at radius 2 is 1.92 bits per heavy atom. The molecule has 2 rings (SSSR count). The highest BCUT2D eigenvalue weighted by Crippen LogP contribution is 2.29. The molecule has 1 heteroatoms. The maximum atomic E-state index is 3.35. The zero-order valence-electron chi connectivity index (χ0n) is 8.09. The van der Waals surface area contributed by atoms with Crippen LogP contribution in [0.5, 0.6) is 0 Å². The third kappa shape index (κ3) is 1.60. The number of benzene rings is 1. The number of hydrogen-bond acceptors (Lipinski definition) is 1. The largest absolute Gasteiger partial charge is 0.384 e. The summed E-state index contributed by atoms with van der Waals surface area (Å²) in [6, 6.07) is 8.50. The van der Waals surface area contributed by atoms with Gasteiger partial charge in [0.05, 0.1) is 0 Å². The molecule has 1 unspecified atom stereocenters. The van der Waals surface area contributed by atoms with Crippen LogP contribution in [0.1, 0.15) is 32.3 Å². The van der Waals surface area contributed by atoms with Crippen molar-refractivity contribution in [3.05, 3.63) is 29.8 Å². The minimum Gasteiger partial charge on any atom is -0.384 e. The predicted molar refractivity (Wildman–Crippen MR) is 54.7 cm³/mol. The summed E-state index contributed by atoms with van der Waals surface area (Å²) < 4.78 is 0. The van der Waals surface area contributed by atoms with E-state index >= 15 is 0 Å². The Labute approximate surface area is 74.8 Å². The van der Waals surface area contributed by atoms with Gasteiger partial charge >= 0.3 is 0 Å². The molecule has 0 bridgehead atoms. The zero-order valence-corrected chi connectivity index (χ0v) is 8.09. The maximum Gasteiger partial charge on any atom is 0.0376 e. The molecule has 0 aromatic heterocycles. The molecular weight excluding hydrogens is 146 g/mol. The van der Waals surface area contributed by atoms with Crippen molar-refractivity contribution in [3.8, 4) is 0 Å². The van der Waals surface area contributed by atoms with Crippen molar-refractivity contribution in [1.29, 1.82) is 0 Å². The van der Waals surface area contributed by atoms with E-state index in [9.17, 15) is 0 Å². The number of nitrogens with one attached hydrogen (secondary N) is 1. The molecule has 1 aliphatic heterocycles. The molecular formula is C11H17N. The average molecular weight is 163 g/mol. The molecule has 0 fully saturated rings.